The molecule has 1 aliphatic heterocycles. The van der Waals surface area contributed by atoms with Gasteiger partial charge < -0.3 is 9.47 Å². The van der Waals surface area contributed by atoms with E-state index in [1.807, 2.05) is 32.0 Å². The summed E-state index contributed by atoms with van der Waals surface area (Å²) < 4.78 is 11.5. The zero-order valence-electron chi connectivity index (χ0n) is 14.8. The molecule has 2 aromatic rings. The van der Waals surface area contributed by atoms with E-state index >= 15 is 0 Å². The predicted octanol–water partition coefficient (Wildman–Crippen LogP) is 4.83. The Bertz CT molecular complexity index is 1000. The molecule has 0 spiro atoms. The van der Waals surface area contributed by atoms with Gasteiger partial charge in [0.15, 0.2) is 5.70 Å². The van der Waals surface area contributed by atoms with Gasteiger partial charge in [-0.2, -0.15) is 0 Å². The van der Waals surface area contributed by atoms with Crippen LogP contribution in [0.25, 0.3) is 6.08 Å². The van der Waals surface area contributed by atoms with Gasteiger partial charge in [0.2, 0.25) is 5.90 Å². The largest absolute Gasteiger partial charge is 0.426 e. The molecule has 0 amide bonds. The third-order valence-electron chi connectivity index (χ3n) is 3.81. The summed E-state index contributed by atoms with van der Waals surface area (Å²) in [5.41, 5.74) is 3.07. The summed E-state index contributed by atoms with van der Waals surface area (Å²) in [5.74, 6) is -0.220. The van der Waals surface area contributed by atoms with Crippen LogP contribution in [0.5, 0.6) is 5.75 Å². The van der Waals surface area contributed by atoms with E-state index in [-0.39, 0.29) is 17.6 Å². The van der Waals surface area contributed by atoms with Gasteiger partial charge in [-0.3, -0.25) is 4.79 Å². The monoisotopic (exact) mass is 495 g/mol. The zero-order valence-corrected chi connectivity index (χ0v) is 17.7. The maximum Gasteiger partial charge on any atom is 0.363 e. The highest BCUT2D eigenvalue weighted by atomic mass is 127. The minimum absolute atomic E-state index is 0.180. The van der Waals surface area contributed by atoms with E-state index in [0.29, 0.717) is 16.3 Å². The summed E-state index contributed by atoms with van der Waals surface area (Å²) in [6, 6.07) is 9.03. The third-order valence-corrected chi connectivity index (χ3v) is 4.81. The van der Waals surface area contributed by atoms with Gasteiger partial charge in [0, 0.05) is 10.5 Å². The van der Waals surface area contributed by atoms with E-state index in [1.54, 1.807) is 18.2 Å². The number of aliphatic imine (C=N–C) groups is 1. The molecule has 0 N–H and O–H groups in total. The third kappa shape index (κ3) is 4.39. The van der Waals surface area contributed by atoms with Gasteiger partial charge in [0.25, 0.3) is 0 Å². The predicted molar refractivity (Wildman–Crippen MR) is 112 cm³/mol. The molecule has 27 heavy (non-hydrogen) atoms. The molecule has 1 heterocycles. The Hall–Kier alpha value is -2.19. The van der Waals surface area contributed by atoms with Crippen LogP contribution in [0.3, 0.4) is 0 Å². The first-order valence-corrected chi connectivity index (χ1v) is 9.48. The molecule has 0 unspecified atom stereocenters. The maximum absolute atomic E-state index is 12.2. The van der Waals surface area contributed by atoms with Crippen LogP contribution in [0.1, 0.15) is 29.2 Å². The molecule has 0 aromatic heterocycles. The molecule has 2 aromatic carbocycles. The molecule has 0 fully saturated rings. The lowest BCUT2D eigenvalue weighted by molar-refractivity contribution is -0.132. The molecule has 0 radical (unpaired) electrons. The van der Waals surface area contributed by atoms with Gasteiger partial charge in [-0.25, -0.2) is 9.79 Å². The van der Waals surface area contributed by atoms with Gasteiger partial charge >= 0.3 is 11.9 Å². The lowest BCUT2D eigenvalue weighted by Gasteiger charge is -2.10. The van der Waals surface area contributed by atoms with Crippen LogP contribution in [-0.2, 0) is 14.3 Å². The molecular formula is C20H15ClINO4. The number of nitrogens with zero attached hydrogens (tertiary/aromatic N) is 1. The van der Waals surface area contributed by atoms with Crippen LogP contribution in [0.4, 0.5) is 0 Å². The van der Waals surface area contributed by atoms with Crippen molar-refractivity contribution in [1.29, 1.82) is 0 Å². The molecule has 7 heteroatoms. The summed E-state index contributed by atoms with van der Waals surface area (Å²) in [6.07, 6.45) is 1.63. The fraction of sp³-hybridized carbons (Fsp3) is 0.150. The summed E-state index contributed by atoms with van der Waals surface area (Å²) in [4.78, 5) is 27.7. The Labute approximate surface area is 175 Å². The first-order chi connectivity index (χ1) is 12.7. The van der Waals surface area contributed by atoms with Crippen molar-refractivity contribution in [3.05, 3.63) is 66.9 Å². The summed E-state index contributed by atoms with van der Waals surface area (Å²) >= 11 is 8.35. The topological polar surface area (TPSA) is 65.0 Å². The van der Waals surface area contributed by atoms with Crippen molar-refractivity contribution in [3.63, 3.8) is 0 Å². The minimum Gasteiger partial charge on any atom is -0.426 e. The van der Waals surface area contributed by atoms with Crippen LogP contribution in [-0.4, -0.2) is 17.8 Å². The molecule has 3 rings (SSSR count). The highest BCUT2D eigenvalue weighted by molar-refractivity contribution is 14.1. The zero-order chi connectivity index (χ0) is 19.7. The van der Waals surface area contributed by atoms with Crippen LogP contribution < -0.4 is 4.74 Å². The Morgan fingerprint density at radius 3 is 2.52 bits per heavy atom. The molecule has 0 atom stereocenters. The number of aryl methyl sites for hydroxylation is 2. The lowest BCUT2D eigenvalue weighted by atomic mass is 10.0. The molecule has 0 bridgehead atoms. The number of carbonyl (C=O) groups is 2. The number of cyclic esters (lactones) is 1. The SMILES string of the molecule is CC(=O)Oc1c(C)cc(/C=C2\N=C(c3cc(I)ccc3Cl)OC2=O)cc1C. The Morgan fingerprint density at radius 2 is 1.89 bits per heavy atom. The Kier molecular flexibility index (Phi) is 5.67. The second kappa shape index (κ2) is 7.82. The number of hydrogen-bond acceptors (Lipinski definition) is 5. The van der Waals surface area contributed by atoms with Gasteiger partial charge in [-0.05, 0) is 89.5 Å². The highest BCUT2D eigenvalue weighted by Gasteiger charge is 2.26. The number of ether oxygens (including phenoxy) is 2. The number of hydrogen-bond donors (Lipinski definition) is 0. The van der Waals surface area contributed by atoms with Crippen LogP contribution in [0.2, 0.25) is 5.02 Å². The van der Waals surface area contributed by atoms with E-state index in [0.717, 1.165) is 20.3 Å². The summed E-state index contributed by atoms with van der Waals surface area (Å²) in [6.45, 7) is 5.02. The fourth-order valence-corrected chi connectivity index (χ4v) is 3.41. The average molecular weight is 496 g/mol. The van der Waals surface area contributed by atoms with Crippen molar-refractivity contribution >= 4 is 58.1 Å². The summed E-state index contributed by atoms with van der Waals surface area (Å²) in [5, 5.41) is 0.459. The molecule has 1 aliphatic rings. The summed E-state index contributed by atoms with van der Waals surface area (Å²) in [7, 11) is 0. The highest BCUT2D eigenvalue weighted by Crippen LogP contribution is 2.28. The van der Waals surface area contributed by atoms with Gasteiger partial charge in [0.05, 0.1) is 10.6 Å². The normalized spacial score (nSPS) is 14.9. The van der Waals surface area contributed by atoms with Gasteiger partial charge in [-0.1, -0.05) is 11.6 Å². The Balaban J connectivity index is 1.97. The quantitative estimate of drug-likeness (QED) is 0.265. The van der Waals surface area contributed by atoms with E-state index < -0.39 is 5.97 Å². The first-order valence-electron chi connectivity index (χ1n) is 8.02. The van der Waals surface area contributed by atoms with Crippen molar-refractivity contribution in [1.82, 2.24) is 0 Å². The van der Waals surface area contributed by atoms with E-state index in [1.165, 1.54) is 6.92 Å². The smallest absolute Gasteiger partial charge is 0.363 e. The molecule has 5 nitrogen and oxygen atoms in total. The molecular weight excluding hydrogens is 481 g/mol. The van der Waals surface area contributed by atoms with Crippen molar-refractivity contribution in [3.8, 4) is 5.75 Å². The maximum atomic E-state index is 12.2. The van der Waals surface area contributed by atoms with Gasteiger partial charge in [0.1, 0.15) is 5.75 Å². The molecule has 138 valence electrons. The average Bonchev–Trinajstić information content (AvgIpc) is 2.93. The van der Waals surface area contributed by atoms with Crippen molar-refractivity contribution in [2.24, 2.45) is 4.99 Å². The van der Waals surface area contributed by atoms with E-state index in [4.69, 9.17) is 21.1 Å². The number of carbonyl (C=O) groups excluding carboxylic acids is 2. The van der Waals surface area contributed by atoms with Crippen molar-refractivity contribution in [2.45, 2.75) is 20.8 Å². The van der Waals surface area contributed by atoms with Gasteiger partial charge in [-0.15, -0.1) is 0 Å². The van der Waals surface area contributed by atoms with Crippen molar-refractivity contribution in [2.75, 3.05) is 0 Å². The van der Waals surface area contributed by atoms with Crippen LogP contribution in [0, 0.1) is 17.4 Å². The van der Waals surface area contributed by atoms with E-state index in [9.17, 15) is 9.59 Å². The number of benzene rings is 2. The van der Waals surface area contributed by atoms with Crippen LogP contribution >= 0.6 is 34.2 Å². The van der Waals surface area contributed by atoms with Crippen molar-refractivity contribution < 1.29 is 19.1 Å². The lowest BCUT2D eigenvalue weighted by Crippen LogP contribution is -2.06. The first kappa shape index (κ1) is 19.6. The molecule has 0 saturated carbocycles. The fourth-order valence-electron chi connectivity index (χ4n) is 2.72. The molecule has 0 saturated heterocycles. The number of halogens is 2. The number of rotatable bonds is 3. The standard InChI is InChI=1S/C20H15ClINO4/c1-10-6-13(7-11(2)18(10)26-12(3)24)8-17-20(25)27-19(23-17)15-9-14(22)4-5-16(15)21/h4-9H,1-3H3/b17-8-. The second-order valence-electron chi connectivity index (χ2n) is 6.04. The van der Waals surface area contributed by atoms with Crippen LogP contribution in [0.15, 0.2) is 41.0 Å². The van der Waals surface area contributed by atoms with E-state index in [2.05, 4.69) is 27.6 Å². The minimum atomic E-state index is -0.542. The number of esters is 2. The second-order valence-corrected chi connectivity index (χ2v) is 7.69. The molecule has 0 aliphatic carbocycles. The Morgan fingerprint density at radius 1 is 1.22 bits per heavy atom.